The van der Waals surface area contributed by atoms with E-state index in [1.807, 2.05) is 19.3 Å². The van der Waals surface area contributed by atoms with Crippen LogP contribution in [-0.2, 0) is 4.79 Å². The van der Waals surface area contributed by atoms with Crippen molar-refractivity contribution in [3.8, 4) is 0 Å². The lowest BCUT2D eigenvalue weighted by molar-refractivity contribution is -0.123. The maximum absolute atomic E-state index is 12.1. The number of anilines is 1. The second kappa shape index (κ2) is 8.91. The van der Waals surface area contributed by atoms with E-state index in [9.17, 15) is 4.79 Å². The highest BCUT2D eigenvalue weighted by atomic mass is 16.1. The van der Waals surface area contributed by atoms with Crippen molar-refractivity contribution in [2.75, 3.05) is 57.8 Å². The molecule has 0 saturated carbocycles. The van der Waals surface area contributed by atoms with Crippen LogP contribution in [0.1, 0.15) is 44.6 Å². The van der Waals surface area contributed by atoms with E-state index < -0.39 is 0 Å². The van der Waals surface area contributed by atoms with Gasteiger partial charge in [-0.3, -0.25) is 9.69 Å². The second-order valence-electron chi connectivity index (χ2n) is 7.93. The van der Waals surface area contributed by atoms with Crippen molar-refractivity contribution in [3.05, 3.63) is 18.0 Å². The number of aromatic nitrogens is 2. The highest BCUT2D eigenvalue weighted by molar-refractivity contribution is 5.82. The zero-order valence-electron chi connectivity index (χ0n) is 16.5. The van der Waals surface area contributed by atoms with Crippen molar-refractivity contribution in [2.24, 2.45) is 5.92 Å². The predicted octanol–water partition coefficient (Wildman–Crippen LogP) is 2.02. The summed E-state index contributed by atoms with van der Waals surface area (Å²) >= 11 is 0. The van der Waals surface area contributed by atoms with Crippen LogP contribution in [0.15, 0.2) is 12.4 Å². The van der Waals surface area contributed by atoms with E-state index >= 15 is 0 Å². The van der Waals surface area contributed by atoms with Gasteiger partial charge in [0.2, 0.25) is 5.95 Å². The first-order chi connectivity index (χ1) is 12.6. The molecule has 2 fully saturated rings. The first kappa shape index (κ1) is 19.2. The highest BCUT2D eigenvalue weighted by Crippen LogP contribution is 2.27. The number of nitrogens with zero attached hydrogens (tertiary/aromatic N) is 5. The molecule has 0 amide bonds. The summed E-state index contributed by atoms with van der Waals surface area (Å²) in [4.78, 5) is 28.3. The summed E-state index contributed by atoms with van der Waals surface area (Å²) in [6, 6.07) is 0. The number of hydrogen-bond donors (Lipinski definition) is 0. The van der Waals surface area contributed by atoms with Crippen molar-refractivity contribution in [1.29, 1.82) is 0 Å². The number of likely N-dealkylation sites (tertiary alicyclic amines) is 1. The molecule has 2 aliphatic heterocycles. The van der Waals surface area contributed by atoms with Gasteiger partial charge in [-0.25, -0.2) is 9.97 Å². The molecule has 2 saturated heterocycles. The van der Waals surface area contributed by atoms with Crippen LogP contribution < -0.4 is 4.90 Å². The Morgan fingerprint density at radius 1 is 1.12 bits per heavy atom. The zero-order valence-corrected chi connectivity index (χ0v) is 16.5. The predicted molar refractivity (Wildman–Crippen MR) is 105 cm³/mol. The summed E-state index contributed by atoms with van der Waals surface area (Å²) in [5.41, 5.74) is 1.25. The van der Waals surface area contributed by atoms with Gasteiger partial charge in [-0.1, -0.05) is 13.8 Å². The average molecular weight is 360 g/mol. The number of carbonyl (C=O) groups excluding carboxylic acids is 1. The molecule has 6 heteroatoms. The molecule has 1 aromatic heterocycles. The Labute approximate surface area is 157 Å². The molecule has 0 radical (unpaired) electrons. The summed E-state index contributed by atoms with van der Waals surface area (Å²) in [6.07, 6.45) is 7.15. The number of piperidine rings is 1. The monoisotopic (exact) mass is 359 g/mol. The number of carbonyl (C=O) groups is 1. The molecule has 0 N–H and O–H groups in total. The van der Waals surface area contributed by atoms with Crippen LogP contribution >= 0.6 is 0 Å². The molecule has 0 aliphatic carbocycles. The maximum Gasteiger partial charge on any atom is 0.225 e. The Morgan fingerprint density at radius 3 is 2.31 bits per heavy atom. The topological polar surface area (TPSA) is 52.6 Å². The van der Waals surface area contributed by atoms with E-state index in [2.05, 4.69) is 38.6 Å². The molecule has 1 unspecified atom stereocenters. The van der Waals surface area contributed by atoms with Crippen LogP contribution in [0.3, 0.4) is 0 Å². The minimum atomic E-state index is 0.184. The van der Waals surface area contributed by atoms with Crippen molar-refractivity contribution in [1.82, 2.24) is 19.8 Å². The maximum atomic E-state index is 12.1. The summed E-state index contributed by atoms with van der Waals surface area (Å²) in [5.74, 6) is 1.94. The smallest absolute Gasteiger partial charge is 0.225 e. The summed E-state index contributed by atoms with van der Waals surface area (Å²) in [6.45, 7) is 10.9. The van der Waals surface area contributed by atoms with Gasteiger partial charge >= 0.3 is 0 Å². The third-order valence-corrected chi connectivity index (χ3v) is 6.04. The third-order valence-electron chi connectivity index (χ3n) is 6.04. The van der Waals surface area contributed by atoms with E-state index in [1.165, 1.54) is 5.56 Å². The molecule has 1 atom stereocenters. The molecular formula is C20H33N5O. The molecule has 0 spiro atoms. The van der Waals surface area contributed by atoms with Crippen molar-refractivity contribution >= 4 is 11.7 Å². The van der Waals surface area contributed by atoms with E-state index in [1.54, 1.807) is 0 Å². The van der Waals surface area contributed by atoms with Crippen molar-refractivity contribution < 1.29 is 4.79 Å². The fourth-order valence-electron chi connectivity index (χ4n) is 3.74. The van der Waals surface area contributed by atoms with Crippen LogP contribution in [0.2, 0.25) is 0 Å². The lowest BCUT2D eigenvalue weighted by Crippen LogP contribution is -2.45. The number of likely N-dealkylation sites (N-methyl/N-ethyl adjacent to an activating group) is 1. The van der Waals surface area contributed by atoms with Gasteiger partial charge in [0.1, 0.15) is 5.78 Å². The van der Waals surface area contributed by atoms with Crippen LogP contribution in [0.5, 0.6) is 0 Å². The van der Waals surface area contributed by atoms with Gasteiger partial charge in [0.15, 0.2) is 0 Å². The standard InChI is InChI=1S/C20H33N5O/c1-4-16(2)19(26)15-24-7-5-17(6-8-24)18-13-21-20(22-14-18)25-11-9-23(3)10-12-25/h13-14,16-17H,4-12,15H2,1-3H3. The second-order valence-corrected chi connectivity index (χ2v) is 7.93. The molecule has 3 rings (SSSR count). The lowest BCUT2D eigenvalue weighted by atomic mass is 9.91. The molecule has 144 valence electrons. The van der Waals surface area contributed by atoms with Crippen LogP contribution in [-0.4, -0.2) is 78.4 Å². The molecule has 26 heavy (non-hydrogen) atoms. The van der Waals surface area contributed by atoms with Crippen LogP contribution in [0.25, 0.3) is 0 Å². The normalized spacial score (nSPS) is 21.7. The van der Waals surface area contributed by atoms with E-state index in [-0.39, 0.29) is 5.92 Å². The number of ketones is 1. The van der Waals surface area contributed by atoms with Gasteiger partial charge in [0.05, 0.1) is 6.54 Å². The molecule has 0 aromatic carbocycles. The first-order valence-electron chi connectivity index (χ1n) is 10.1. The third kappa shape index (κ3) is 4.80. The fraction of sp³-hybridized carbons (Fsp3) is 0.750. The first-order valence-corrected chi connectivity index (χ1v) is 10.1. The van der Waals surface area contributed by atoms with Gasteiger partial charge in [-0.2, -0.15) is 0 Å². The van der Waals surface area contributed by atoms with Gasteiger partial charge in [0, 0.05) is 44.5 Å². The molecule has 2 aliphatic rings. The SMILES string of the molecule is CCC(C)C(=O)CN1CCC(c2cnc(N3CCN(C)CC3)nc2)CC1. The Balaban J connectivity index is 1.49. The largest absolute Gasteiger partial charge is 0.338 e. The highest BCUT2D eigenvalue weighted by Gasteiger charge is 2.24. The van der Waals surface area contributed by atoms with Crippen molar-refractivity contribution in [2.45, 2.75) is 39.0 Å². The van der Waals surface area contributed by atoms with Crippen molar-refractivity contribution in [3.63, 3.8) is 0 Å². The van der Waals surface area contributed by atoms with Crippen LogP contribution in [0.4, 0.5) is 5.95 Å². The fourth-order valence-corrected chi connectivity index (χ4v) is 3.74. The quantitative estimate of drug-likeness (QED) is 0.775. The zero-order chi connectivity index (χ0) is 18.5. The summed E-state index contributed by atoms with van der Waals surface area (Å²) < 4.78 is 0. The minimum absolute atomic E-state index is 0.184. The van der Waals surface area contributed by atoms with Crippen LogP contribution in [0, 0.1) is 5.92 Å². The number of rotatable bonds is 6. The van der Waals surface area contributed by atoms with Gasteiger partial charge in [-0.15, -0.1) is 0 Å². The number of Topliss-reactive ketones (excluding diaryl/α,β-unsaturated/α-hetero) is 1. The van der Waals surface area contributed by atoms with Gasteiger partial charge in [0.25, 0.3) is 0 Å². The van der Waals surface area contributed by atoms with Gasteiger partial charge < -0.3 is 9.80 Å². The molecule has 0 bridgehead atoms. The minimum Gasteiger partial charge on any atom is -0.338 e. The molecule has 6 nitrogen and oxygen atoms in total. The number of piperazine rings is 1. The van der Waals surface area contributed by atoms with E-state index in [0.717, 1.165) is 64.5 Å². The van der Waals surface area contributed by atoms with Gasteiger partial charge in [-0.05, 0) is 50.9 Å². The summed E-state index contributed by atoms with van der Waals surface area (Å²) in [7, 11) is 2.16. The lowest BCUT2D eigenvalue weighted by Gasteiger charge is -2.33. The van der Waals surface area contributed by atoms with E-state index in [4.69, 9.17) is 0 Å². The Bertz CT molecular complexity index is 574. The van der Waals surface area contributed by atoms with E-state index in [0.29, 0.717) is 18.2 Å². The Morgan fingerprint density at radius 2 is 1.73 bits per heavy atom. The average Bonchev–Trinajstić information content (AvgIpc) is 2.68. The Hall–Kier alpha value is -1.53. The Kier molecular flexibility index (Phi) is 6.59. The molecule has 1 aromatic rings. The molecular weight excluding hydrogens is 326 g/mol. The number of hydrogen-bond acceptors (Lipinski definition) is 6. The summed E-state index contributed by atoms with van der Waals surface area (Å²) in [5, 5.41) is 0. The molecule has 3 heterocycles.